The molecule has 2 bridgehead atoms. The van der Waals surface area contributed by atoms with Crippen LogP contribution in [0.25, 0.3) is 0 Å². The van der Waals surface area contributed by atoms with E-state index in [9.17, 15) is 4.79 Å². The molecule has 2 aliphatic carbocycles. The Morgan fingerprint density at radius 1 is 1.29 bits per heavy atom. The number of ether oxygens (including phenoxy) is 1. The fourth-order valence-electron chi connectivity index (χ4n) is 5.16. The van der Waals surface area contributed by atoms with Gasteiger partial charge < -0.3 is 10.1 Å². The van der Waals surface area contributed by atoms with Gasteiger partial charge in [0.05, 0.1) is 12.2 Å². The maximum absolute atomic E-state index is 12.7. The second-order valence-corrected chi connectivity index (χ2v) is 8.56. The average Bonchev–Trinajstić information content (AvgIpc) is 3.19. The molecule has 1 saturated heterocycles. The summed E-state index contributed by atoms with van der Waals surface area (Å²) in [4.78, 5) is 12.7. The number of hydrogen-bond donors (Lipinski definition) is 1. The molecule has 1 N–H and O–H groups in total. The first-order valence-electron chi connectivity index (χ1n) is 9.22. The van der Waals surface area contributed by atoms with Crippen molar-refractivity contribution >= 4 is 5.91 Å². The second kappa shape index (κ2) is 5.55. The zero-order valence-corrected chi connectivity index (χ0v) is 14.9. The van der Waals surface area contributed by atoms with Gasteiger partial charge in [-0.15, -0.1) is 5.10 Å². The standard InChI is InChI=1S/C18H28N4O2/c1-17(2)12-4-7-18(17,3)15(10-12)19-16(23)14-11-22(21-20-14)13-5-8-24-9-6-13/h11-13,15H,4-10H2,1-3H3,(H,19,23). The van der Waals surface area contributed by atoms with Gasteiger partial charge in [0.1, 0.15) is 0 Å². The smallest absolute Gasteiger partial charge is 0.273 e. The predicted octanol–water partition coefficient (Wildman–Crippen LogP) is 2.57. The quantitative estimate of drug-likeness (QED) is 0.923. The molecular formula is C18H28N4O2. The summed E-state index contributed by atoms with van der Waals surface area (Å²) in [6.45, 7) is 8.56. The SMILES string of the molecule is CC1(C)C2CCC1(C)C(NC(=O)c1cn(C3CCOCC3)nn1)C2. The fourth-order valence-corrected chi connectivity index (χ4v) is 5.16. The summed E-state index contributed by atoms with van der Waals surface area (Å²) >= 11 is 0. The van der Waals surface area contributed by atoms with Gasteiger partial charge in [-0.2, -0.15) is 0 Å². The Kier molecular flexibility index (Phi) is 3.71. The lowest BCUT2D eigenvalue weighted by Crippen LogP contribution is -2.47. The van der Waals surface area contributed by atoms with Gasteiger partial charge >= 0.3 is 0 Å². The molecule has 3 aliphatic rings. The van der Waals surface area contributed by atoms with Gasteiger partial charge in [-0.25, -0.2) is 4.68 Å². The summed E-state index contributed by atoms with van der Waals surface area (Å²) in [7, 11) is 0. The number of amides is 1. The van der Waals surface area contributed by atoms with Crippen LogP contribution in [0.3, 0.4) is 0 Å². The van der Waals surface area contributed by atoms with E-state index >= 15 is 0 Å². The first-order valence-corrected chi connectivity index (χ1v) is 9.22. The van der Waals surface area contributed by atoms with Crippen LogP contribution in [0, 0.1) is 16.7 Å². The molecule has 1 aromatic rings. The summed E-state index contributed by atoms with van der Waals surface area (Å²) in [5.41, 5.74) is 0.917. The number of carbonyl (C=O) groups excluding carboxylic acids is 1. The summed E-state index contributed by atoms with van der Waals surface area (Å²) in [6.07, 6.45) is 7.23. The van der Waals surface area contributed by atoms with E-state index in [1.807, 2.05) is 4.68 Å². The molecule has 1 amide bonds. The molecule has 0 spiro atoms. The van der Waals surface area contributed by atoms with E-state index in [1.165, 1.54) is 12.8 Å². The maximum atomic E-state index is 12.7. The van der Waals surface area contributed by atoms with Crippen molar-refractivity contribution in [2.24, 2.45) is 16.7 Å². The van der Waals surface area contributed by atoms with Gasteiger partial charge in [0.25, 0.3) is 5.91 Å². The first-order chi connectivity index (χ1) is 11.4. The number of nitrogens with zero attached hydrogens (tertiary/aromatic N) is 3. The van der Waals surface area contributed by atoms with Gasteiger partial charge in [-0.3, -0.25) is 4.79 Å². The van der Waals surface area contributed by atoms with Crippen LogP contribution < -0.4 is 5.32 Å². The molecule has 4 rings (SSSR count). The average molecular weight is 332 g/mol. The normalized spacial score (nSPS) is 35.3. The molecule has 6 nitrogen and oxygen atoms in total. The van der Waals surface area contributed by atoms with E-state index < -0.39 is 0 Å². The van der Waals surface area contributed by atoms with Gasteiger partial charge in [0.15, 0.2) is 5.69 Å². The first kappa shape index (κ1) is 16.1. The highest BCUT2D eigenvalue weighted by Crippen LogP contribution is 2.65. The van der Waals surface area contributed by atoms with Crippen molar-refractivity contribution in [3.63, 3.8) is 0 Å². The monoisotopic (exact) mass is 332 g/mol. The predicted molar refractivity (Wildman–Crippen MR) is 89.6 cm³/mol. The Morgan fingerprint density at radius 3 is 2.67 bits per heavy atom. The molecule has 0 aromatic carbocycles. The van der Waals surface area contributed by atoms with Gasteiger partial charge in [0, 0.05) is 19.3 Å². The number of carbonyl (C=O) groups is 1. The third kappa shape index (κ3) is 2.30. The zero-order valence-electron chi connectivity index (χ0n) is 14.9. The molecule has 132 valence electrons. The molecule has 0 radical (unpaired) electrons. The Hall–Kier alpha value is -1.43. The molecule has 1 aliphatic heterocycles. The van der Waals surface area contributed by atoms with Crippen LogP contribution in [0.15, 0.2) is 6.20 Å². The molecular weight excluding hydrogens is 304 g/mol. The number of fused-ring (bicyclic) bond motifs is 2. The third-order valence-electron chi connectivity index (χ3n) is 7.41. The Morgan fingerprint density at radius 2 is 2.04 bits per heavy atom. The van der Waals surface area contributed by atoms with Crippen molar-refractivity contribution in [1.29, 1.82) is 0 Å². The maximum Gasteiger partial charge on any atom is 0.273 e. The lowest BCUT2D eigenvalue weighted by Gasteiger charge is -2.39. The highest BCUT2D eigenvalue weighted by Gasteiger charge is 2.61. The van der Waals surface area contributed by atoms with Crippen molar-refractivity contribution < 1.29 is 9.53 Å². The number of rotatable bonds is 3. The van der Waals surface area contributed by atoms with E-state index in [4.69, 9.17) is 4.74 Å². The highest BCUT2D eigenvalue weighted by atomic mass is 16.5. The van der Waals surface area contributed by atoms with Crippen LogP contribution in [-0.2, 0) is 4.74 Å². The molecule has 3 fully saturated rings. The van der Waals surface area contributed by atoms with E-state index in [-0.39, 0.29) is 17.4 Å². The van der Waals surface area contributed by atoms with Crippen LogP contribution in [0.4, 0.5) is 0 Å². The summed E-state index contributed by atoms with van der Waals surface area (Å²) < 4.78 is 7.22. The molecule has 3 atom stereocenters. The van der Waals surface area contributed by atoms with Crippen LogP contribution in [0.5, 0.6) is 0 Å². The Labute approximate surface area is 143 Å². The zero-order chi connectivity index (χ0) is 16.9. The van der Waals surface area contributed by atoms with Crippen molar-refractivity contribution in [3.05, 3.63) is 11.9 Å². The Balaban J connectivity index is 1.45. The molecule has 2 saturated carbocycles. The number of aromatic nitrogens is 3. The fraction of sp³-hybridized carbons (Fsp3) is 0.833. The summed E-state index contributed by atoms with van der Waals surface area (Å²) in [6, 6.07) is 0.540. The van der Waals surface area contributed by atoms with Gasteiger partial charge in [-0.05, 0) is 48.9 Å². The molecule has 2 heterocycles. The molecule has 1 aromatic heterocycles. The van der Waals surface area contributed by atoms with Crippen LogP contribution in [0.2, 0.25) is 0 Å². The molecule has 3 unspecified atom stereocenters. The van der Waals surface area contributed by atoms with E-state index in [0.29, 0.717) is 23.1 Å². The summed E-state index contributed by atoms with van der Waals surface area (Å²) in [5, 5.41) is 11.6. The minimum atomic E-state index is -0.0807. The van der Waals surface area contributed by atoms with Crippen LogP contribution in [-0.4, -0.2) is 40.2 Å². The van der Waals surface area contributed by atoms with E-state index in [2.05, 4.69) is 36.4 Å². The third-order valence-corrected chi connectivity index (χ3v) is 7.41. The van der Waals surface area contributed by atoms with Crippen molar-refractivity contribution in [1.82, 2.24) is 20.3 Å². The topological polar surface area (TPSA) is 69.0 Å². The Bertz CT molecular complexity index is 635. The van der Waals surface area contributed by atoms with Crippen molar-refractivity contribution in [2.45, 2.75) is 65.0 Å². The molecule has 24 heavy (non-hydrogen) atoms. The van der Waals surface area contributed by atoms with Gasteiger partial charge in [-0.1, -0.05) is 26.0 Å². The highest BCUT2D eigenvalue weighted by molar-refractivity contribution is 5.92. The summed E-state index contributed by atoms with van der Waals surface area (Å²) in [5.74, 6) is 0.633. The largest absolute Gasteiger partial charge is 0.381 e. The van der Waals surface area contributed by atoms with Crippen LogP contribution >= 0.6 is 0 Å². The minimum absolute atomic E-state index is 0.0807. The van der Waals surface area contributed by atoms with Crippen molar-refractivity contribution in [2.75, 3.05) is 13.2 Å². The lowest BCUT2D eigenvalue weighted by molar-refractivity contribution is 0.0657. The molecule has 6 heteroatoms. The number of nitrogens with one attached hydrogen (secondary N) is 1. The second-order valence-electron chi connectivity index (χ2n) is 8.56. The van der Waals surface area contributed by atoms with E-state index in [1.54, 1.807) is 6.20 Å². The van der Waals surface area contributed by atoms with Gasteiger partial charge in [0.2, 0.25) is 0 Å². The van der Waals surface area contributed by atoms with Crippen LogP contribution in [0.1, 0.15) is 69.4 Å². The van der Waals surface area contributed by atoms with Crippen molar-refractivity contribution in [3.8, 4) is 0 Å². The van der Waals surface area contributed by atoms with E-state index in [0.717, 1.165) is 32.5 Å². The minimum Gasteiger partial charge on any atom is -0.381 e. The number of hydrogen-bond acceptors (Lipinski definition) is 4. The lowest BCUT2D eigenvalue weighted by atomic mass is 9.69.